The van der Waals surface area contributed by atoms with E-state index in [0.717, 1.165) is 31.2 Å². The molecule has 0 aliphatic carbocycles. The normalized spacial score (nSPS) is 13.2. The number of hydrogen-bond donors (Lipinski definition) is 2. The number of halogens is 1. The Morgan fingerprint density at radius 2 is 1.74 bits per heavy atom. The molecule has 0 aromatic heterocycles. The molecule has 1 heterocycles. The second-order valence-electron chi connectivity index (χ2n) is 5.85. The van der Waals surface area contributed by atoms with Crippen LogP contribution in [0.4, 0.5) is 5.69 Å². The SMILES string of the molecule is CCCCCCCCc1ccc(NC2=NCCCN2)cc1.Cl.[Zn]. The first kappa shape index (κ1) is 22.4. The van der Waals surface area contributed by atoms with E-state index < -0.39 is 0 Å². The van der Waals surface area contributed by atoms with E-state index in [4.69, 9.17) is 0 Å². The Bertz CT molecular complexity index is 434. The maximum Gasteiger partial charge on any atom is 0.195 e. The van der Waals surface area contributed by atoms with Gasteiger partial charge in [0.05, 0.1) is 0 Å². The van der Waals surface area contributed by atoms with Crippen LogP contribution >= 0.6 is 12.4 Å². The number of nitrogens with one attached hydrogen (secondary N) is 2. The Balaban J connectivity index is 0.00000242. The summed E-state index contributed by atoms with van der Waals surface area (Å²) in [5, 5.41) is 6.62. The number of rotatable bonds is 8. The molecule has 5 heteroatoms. The summed E-state index contributed by atoms with van der Waals surface area (Å²) in [5.41, 5.74) is 2.56. The van der Waals surface area contributed by atoms with Gasteiger partial charge in [-0.05, 0) is 37.0 Å². The van der Waals surface area contributed by atoms with Crippen LogP contribution in [0.1, 0.15) is 57.4 Å². The van der Waals surface area contributed by atoms with Gasteiger partial charge in [0.25, 0.3) is 0 Å². The van der Waals surface area contributed by atoms with E-state index >= 15 is 0 Å². The molecule has 3 nitrogen and oxygen atoms in total. The number of unbranched alkanes of at least 4 members (excludes halogenated alkanes) is 5. The summed E-state index contributed by atoms with van der Waals surface area (Å²) in [6.45, 7) is 4.21. The van der Waals surface area contributed by atoms with E-state index in [2.05, 4.69) is 46.8 Å². The van der Waals surface area contributed by atoms with Crippen molar-refractivity contribution in [3.8, 4) is 0 Å². The fourth-order valence-electron chi connectivity index (χ4n) is 2.62. The molecule has 2 rings (SSSR count). The van der Waals surface area contributed by atoms with Crippen LogP contribution < -0.4 is 10.6 Å². The van der Waals surface area contributed by atoms with Crippen molar-refractivity contribution in [1.29, 1.82) is 0 Å². The van der Waals surface area contributed by atoms with Crippen LogP contribution in [0.2, 0.25) is 0 Å². The Hall–Kier alpha value is -0.597. The Morgan fingerprint density at radius 3 is 2.39 bits per heavy atom. The van der Waals surface area contributed by atoms with E-state index in [-0.39, 0.29) is 31.9 Å². The molecule has 0 saturated carbocycles. The minimum atomic E-state index is 0. The third-order valence-corrected chi connectivity index (χ3v) is 3.93. The quantitative estimate of drug-likeness (QED) is 0.496. The summed E-state index contributed by atoms with van der Waals surface area (Å²) in [6.07, 6.45) is 10.5. The number of guanidine groups is 1. The minimum Gasteiger partial charge on any atom is -0.356 e. The second kappa shape index (κ2) is 13.8. The van der Waals surface area contributed by atoms with Crippen LogP contribution in [0.5, 0.6) is 0 Å². The summed E-state index contributed by atoms with van der Waals surface area (Å²) in [6, 6.07) is 8.78. The number of aliphatic imine (C=N–C) groups is 1. The summed E-state index contributed by atoms with van der Waals surface area (Å²) in [4.78, 5) is 4.43. The number of aryl methyl sites for hydroxylation is 1. The topological polar surface area (TPSA) is 36.4 Å². The first-order chi connectivity index (χ1) is 10.4. The molecule has 0 saturated heterocycles. The minimum absolute atomic E-state index is 0. The number of hydrogen-bond acceptors (Lipinski definition) is 3. The van der Waals surface area contributed by atoms with Gasteiger partial charge in [0.15, 0.2) is 5.96 Å². The standard InChI is InChI=1S/C18H29N3.ClH.Zn/c1-2-3-4-5-6-7-9-16-10-12-17(13-11-16)21-18-19-14-8-15-20-18;;/h10-13H,2-9,14-15H2,1H3,(H2,19,20,21);1H;. The van der Waals surface area contributed by atoms with Gasteiger partial charge in [-0.2, -0.15) is 0 Å². The van der Waals surface area contributed by atoms with E-state index in [1.165, 1.54) is 50.5 Å². The Kier molecular flexibility index (Phi) is 13.4. The van der Waals surface area contributed by atoms with Crippen molar-refractivity contribution in [1.82, 2.24) is 5.32 Å². The van der Waals surface area contributed by atoms with Crippen LogP contribution in [-0.4, -0.2) is 19.0 Å². The zero-order valence-electron chi connectivity index (χ0n) is 14.4. The van der Waals surface area contributed by atoms with Crippen LogP contribution in [0.15, 0.2) is 29.3 Å². The summed E-state index contributed by atoms with van der Waals surface area (Å²) in [5.74, 6) is 0.907. The molecule has 23 heavy (non-hydrogen) atoms. The van der Waals surface area contributed by atoms with Gasteiger partial charge in [-0.3, -0.25) is 4.99 Å². The zero-order valence-corrected chi connectivity index (χ0v) is 18.2. The molecule has 0 spiro atoms. The van der Waals surface area contributed by atoms with Gasteiger partial charge in [0.2, 0.25) is 0 Å². The van der Waals surface area contributed by atoms with Crippen LogP contribution in [0.3, 0.4) is 0 Å². The number of nitrogens with zero attached hydrogens (tertiary/aromatic N) is 1. The molecule has 0 bridgehead atoms. The van der Waals surface area contributed by atoms with Gasteiger partial charge in [0.1, 0.15) is 0 Å². The van der Waals surface area contributed by atoms with Gasteiger partial charge in [0, 0.05) is 38.3 Å². The van der Waals surface area contributed by atoms with Gasteiger partial charge < -0.3 is 10.6 Å². The van der Waals surface area contributed by atoms with E-state index in [1.54, 1.807) is 0 Å². The van der Waals surface area contributed by atoms with E-state index in [1.807, 2.05) is 0 Å². The van der Waals surface area contributed by atoms with Crippen molar-refractivity contribution in [3.63, 3.8) is 0 Å². The molecule has 0 radical (unpaired) electrons. The van der Waals surface area contributed by atoms with Crippen molar-refractivity contribution in [2.75, 3.05) is 18.4 Å². The fourth-order valence-corrected chi connectivity index (χ4v) is 2.62. The Labute approximate surface area is 160 Å². The van der Waals surface area contributed by atoms with E-state index in [9.17, 15) is 0 Å². The van der Waals surface area contributed by atoms with E-state index in [0.29, 0.717) is 0 Å². The maximum atomic E-state index is 4.43. The predicted molar refractivity (Wildman–Crippen MR) is 99.3 cm³/mol. The molecular weight excluding hydrogens is 359 g/mol. The van der Waals surface area contributed by atoms with Gasteiger partial charge in [-0.15, -0.1) is 12.4 Å². The molecule has 1 aromatic carbocycles. The molecule has 1 aliphatic rings. The molecule has 0 atom stereocenters. The molecule has 0 unspecified atom stereocenters. The van der Waals surface area contributed by atoms with Crippen molar-refractivity contribution >= 4 is 24.1 Å². The van der Waals surface area contributed by atoms with Gasteiger partial charge >= 0.3 is 0 Å². The molecule has 1 aromatic rings. The fraction of sp³-hybridized carbons (Fsp3) is 0.611. The monoisotopic (exact) mass is 387 g/mol. The molecule has 0 fully saturated rings. The third-order valence-electron chi connectivity index (χ3n) is 3.93. The summed E-state index contributed by atoms with van der Waals surface area (Å²) in [7, 11) is 0. The average Bonchev–Trinajstić information content (AvgIpc) is 2.53. The Morgan fingerprint density at radius 1 is 1.04 bits per heavy atom. The van der Waals surface area contributed by atoms with Gasteiger partial charge in [-0.25, -0.2) is 0 Å². The smallest absolute Gasteiger partial charge is 0.195 e. The maximum absolute atomic E-state index is 4.43. The molecule has 0 amide bonds. The molecule has 2 N–H and O–H groups in total. The average molecular weight is 389 g/mol. The summed E-state index contributed by atoms with van der Waals surface area (Å²) < 4.78 is 0. The molecule has 1 aliphatic heterocycles. The molecule has 126 valence electrons. The third kappa shape index (κ3) is 9.32. The number of anilines is 1. The second-order valence-corrected chi connectivity index (χ2v) is 5.85. The van der Waals surface area contributed by atoms with Crippen LogP contribution in [0.25, 0.3) is 0 Å². The first-order valence-electron chi connectivity index (χ1n) is 8.53. The van der Waals surface area contributed by atoms with Crippen molar-refractivity contribution < 1.29 is 19.5 Å². The van der Waals surface area contributed by atoms with Crippen molar-refractivity contribution in [3.05, 3.63) is 29.8 Å². The summed E-state index contributed by atoms with van der Waals surface area (Å²) >= 11 is 0. The van der Waals surface area contributed by atoms with Crippen molar-refractivity contribution in [2.24, 2.45) is 4.99 Å². The first-order valence-corrected chi connectivity index (χ1v) is 8.53. The predicted octanol–water partition coefficient (Wildman–Crippen LogP) is 4.77. The van der Waals surface area contributed by atoms with Gasteiger partial charge in [-0.1, -0.05) is 51.2 Å². The number of benzene rings is 1. The van der Waals surface area contributed by atoms with Crippen LogP contribution in [0, 0.1) is 0 Å². The zero-order chi connectivity index (χ0) is 14.8. The van der Waals surface area contributed by atoms with Crippen molar-refractivity contribution in [2.45, 2.75) is 58.3 Å². The van der Waals surface area contributed by atoms with Crippen LogP contribution in [-0.2, 0) is 25.9 Å². The largest absolute Gasteiger partial charge is 0.356 e. The molecular formula is C18H30ClN3Zn.